The van der Waals surface area contributed by atoms with Crippen LogP contribution in [0, 0.1) is 5.92 Å². The first kappa shape index (κ1) is 34.0. The number of aliphatic hydroxyl groups excluding tert-OH is 1. The topological polar surface area (TPSA) is 103 Å². The van der Waals surface area contributed by atoms with E-state index in [4.69, 9.17) is 18.6 Å². The quantitative estimate of drug-likeness (QED) is 0.156. The lowest BCUT2D eigenvalue weighted by Gasteiger charge is -2.38. The predicted octanol–water partition coefficient (Wildman–Crippen LogP) is 6.24. The standard InChI is InChI=1S/C34H45NO7Si/c1-34(2,3)43(4,5)42-25-30(39-22-26-15-9-6-10-16-26)31(36)29(32(37)40-23-27-17-11-7-12-18-27)21-35-33(38)41-24-28-19-13-8-14-20-28/h6-20,29-31,36H,21-25H2,1-5H3,(H,35,38)/t29-,30-,31-/m1/s1. The van der Waals surface area contributed by atoms with Gasteiger partial charge in [0.1, 0.15) is 25.2 Å². The summed E-state index contributed by atoms with van der Waals surface area (Å²) in [7, 11) is -2.22. The largest absolute Gasteiger partial charge is 0.460 e. The second-order valence-corrected chi connectivity index (χ2v) is 16.8. The molecule has 43 heavy (non-hydrogen) atoms. The van der Waals surface area contributed by atoms with E-state index in [9.17, 15) is 14.7 Å². The Balaban J connectivity index is 1.76. The molecule has 0 saturated carbocycles. The zero-order chi connectivity index (χ0) is 31.3. The van der Waals surface area contributed by atoms with Gasteiger partial charge in [-0.05, 0) is 34.8 Å². The first-order valence-corrected chi connectivity index (χ1v) is 17.5. The second-order valence-electron chi connectivity index (χ2n) is 12.0. The summed E-state index contributed by atoms with van der Waals surface area (Å²) < 4.78 is 23.6. The fourth-order valence-corrected chi connectivity index (χ4v) is 4.95. The smallest absolute Gasteiger partial charge is 0.407 e. The van der Waals surface area contributed by atoms with Crippen LogP contribution in [0.5, 0.6) is 0 Å². The van der Waals surface area contributed by atoms with Gasteiger partial charge in [-0.15, -0.1) is 0 Å². The van der Waals surface area contributed by atoms with Gasteiger partial charge >= 0.3 is 12.1 Å². The van der Waals surface area contributed by atoms with Gasteiger partial charge in [-0.1, -0.05) is 112 Å². The Morgan fingerprint density at radius 1 is 0.767 bits per heavy atom. The highest BCUT2D eigenvalue weighted by molar-refractivity contribution is 6.74. The van der Waals surface area contributed by atoms with Crippen molar-refractivity contribution in [3.05, 3.63) is 108 Å². The zero-order valence-electron chi connectivity index (χ0n) is 25.8. The van der Waals surface area contributed by atoms with Crippen molar-refractivity contribution in [3.63, 3.8) is 0 Å². The van der Waals surface area contributed by atoms with Crippen molar-refractivity contribution in [3.8, 4) is 0 Å². The number of ether oxygens (including phenoxy) is 3. The summed E-state index contributed by atoms with van der Waals surface area (Å²) in [6.07, 6.45) is -2.92. The summed E-state index contributed by atoms with van der Waals surface area (Å²) >= 11 is 0. The Bertz CT molecular complexity index is 1250. The molecular formula is C34H45NO7Si. The molecule has 0 heterocycles. The molecule has 0 radical (unpaired) electrons. The van der Waals surface area contributed by atoms with E-state index in [2.05, 4.69) is 39.2 Å². The molecule has 8 nitrogen and oxygen atoms in total. The Morgan fingerprint density at radius 3 is 1.72 bits per heavy atom. The number of nitrogens with one attached hydrogen (secondary N) is 1. The van der Waals surface area contributed by atoms with Crippen LogP contribution in [-0.2, 0) is 43.3 Å². The maximum atomic E-state index is 13.4. The number of amides is 1. The molecule has 0 aliphatic heterocycles. The molecule has 1 amide bonds. The molecule has 0 spiro atoms. The lowest BCUT2D eigenvalue weighted by molar-refractivity contribution is -0.160. The summed E-state index contributed by atoms with van der Waals surface area (Å²) in [4.78, 5) is 26.0. The van der Waals surface area contributed by atoms with E-state index >= 15 is 0 Å². The molecule has 0 aliphatic rings. The van der Waals surface area contributed by atoms with Crippen molar-refractivity contribution in [2.45, 2.75) is 70.9 Å². The van der Waals surface area contributed by atoms with E-state index in [-0.39, 0.29) is 38.0 Å². The number of esters is 1. The van der Waals surface area contributed by atoms with Gasteiger partial charge in [0, 0.05) is 6.54 Å². The maximum Gasteiger partial charge on any atom is 0.407 e. The van der Waals surface area contributed by atoms with Crippen molar-refractivity contribution in [1.82, 2.24) is 5.32 Å². The molecule has 0 unspecified atom stereocenters. The van der Waals surface area contributed by atoms with E-state index in [0.717, 1.165) is 16.7 Å². The van der Waals surface area contributed by atoms with E-state index in [1.807, 2.05) is 91.0 Å². The van der Waals surface area contributed by atoms with Crippen LogP contribution in [0.2, 0.25) is 18.1 Å². The Morgan fingerprint density at radius 2 is 1.23 bits per heavy atom. The summed E-state index contributed by atoms with van der Waals surface area (Å²) in [6.45, 7) is 10.8. The van der Waals surface area contributed by atoms with Gasteiger partial charge < -0.3 is 29.1 Å². The predicted molar refractivity (Wildman–Crippen MR) is 169 cm³/mol. The highest BCUT2D eigenvalue weighted by Crippen LogP contribution is 2.37. The molecule has 0 bridgehead atoms. The number of benzene rings is 3. The SMILES string of the molecule is CC(C)(C)[Si](C)(C)OC[C@@H](OCc1ccccc1)[C@H](O)[C@@H](CNC(=O)OCc1ccccc1)C(=O)OCc1ccccc1. The highest BCUT2D eigenvalue weighted by atomic mass is 28.4. The zero-order valence-corrected chi connectivity index (χ0v) is 26.8. The molecule has 9 heteroatoms. The molecule has 0 aliphatic carbocycles. The average Bonchev–Trinajstić information content (AvgIpc) is 3.00. The number of carbonyl (C=O) groups excluding carboxylic acids is 2. The summed E-state index contributed by atoms with van der Waals surface area (Å²) in [5.74, 6) is -1.81. The van der Waals surface area contributed by atoms with E-state index in [0.29, 0.717) is 0 Å². The minimum atomic E-state index is -2.22. The first-order valence-electron chi connectivity index (χ1n) is 14.6. The van der Waals surface area contributed by atoms with Crippen molar-refractivity contribution < 1.29 is 33.3 Å². The summed E-state index contributed by atoms with van der Waals surface area (Å²) in [5.41, 5.74) is 2.55. The van der Waals surface area contributed by atoms with E-state index in [1.165, 1.54) is 0 Å². The average molecular weight is 608 g/mol. The molecule has 3 aromatic carbocycles. The molecular weight excluding hydrogens is 562 g/mol. The van der Waals surface area contributed by atoms with Crippen LogP contribution in [0.4, 0.5) is 4.79 Å². The number of aliphatic hydroxyl groups is 1. The number of hydrogen-bond donors (Lipinski definition) is 2. The van der Waals surface area contributed by atoms with Gasteiger partial charge in [-0.25, -0.2) is 4.79 Å². The summed E-state index contributed by atoms with van der Waals surface area (Å²) in [5, 5.41) is 14.2. The van der Waals surface area contributed by atoms with Crippen molar-refractivity contribution in [2.75, 3.05) is 13.2 Å². The molecule has 3 rings (SSSR count). The maximum absolute atomic E-state index is 13.4. The molecule has 0 aromatic heterocycles. The lowest BCUT2D eigenvalue weighted by atomic mass is 9.97. The van der Waals surface area contributed by atoms with Crippen LogP contribution >= 0.6 is 0 Å². The van der Waals surface area contributed by atoms with Crippen LogP contribution in [0.25, 0.3) is 0 Å². The van der Waals surface area contributed by atoms with Crippen LogP contribution < -0.4 is 5.32 Å². The molecule has 2 N–H and O–H groups in total. The normalized spacial score (nSPS) is 13.9. The molecule has 0 saturated heterocycles. The minimum Gasteiger partial charge on any atom is -0.460 e. The fraction of sp³-hybridized carbons (Fsp3) is 0.412. The van der Waals surface area contributed by atoms with Crippen molar-refractivity contribution in [1.29, 1.82) is 0 Å². The number of carbonyl (C=O) groups is 2. The van der Waals surface area contributed by atoms with Crippen molar-refractivity contribution in [2.24, 2.45) is 5.92 Å². The van der Waals surface area contributed by atoms with Gasteiger partial charge in [-0.3, -0.25) is 4.79 Å². The molecule has 0 fully saturated rings. The van der Waals surface area contributed by atoms with Gasteiger partial charge in [0.15, 0.2) is 8.32 Å². The van der Waals surface area contributed by atoms with Crippen LogP contribution in [0.15, 0.2) is 91.0 Å². The third-order valence-corrected chi connectivity index (χ3v) is 12.2. The molecule has 232 valence electrons. The van der Waals surface area contributed by atoms with E-state index in [1.54, 1.807) is 0 Å². The monoisotopic (exact) mass is 607 g/mol. The molecule has 3 aromatic rings. The van der Waals surface area contributed by atoms with Crippen molar-refractivity contribution >= 4 is 20.4 Å². The number of rotatable bonds is 15. The first-order chi connectivity index (χ1) is 20.5. The van der Waals surface area contributed by atoms with Crippen LogP contribution in [0.3, 0.4) is 0 Å². The second kappa shape index (κ2) is 16.4. The van der Waals surface area contributed by atoms with Crippen LogP contribution in [0.1, 0.15) is 37.5 Å². The third kappa shape index (κ3) is 11.3. The van der Waals surface area contributed by atoms with E-state index < -0.39 is 38.5 Å². The lowest BCUT2D eigenvalue weighted by Crippen LogP contribution is -2.50. The Labute approximate surface area is 256 Å². The molecule has 3 atom stereocenters. The van der Waals surface area contributed by atoms with Gasteiger partial charge in [0.25, 0.3) is 0 Å². The Kier molecular flexibility index (Phi) is 12.9. The fourth-order valence-electron chi connectivity index (χ4n) is 3.94. The Hall–Kier alpha value is -3.50. The van der Waals surface area contributed by atoms with Gasteiger partial charge in [-0.2, -0.15) is 0 Å². The van der Waals surface area contributed by atoms with Crippen LogP contribution in [-0.4, -0.2) is 50.8 Å². The number of alkyl carbamates (subject to hydrolysis) is 1. The van der Waals surface area contributed by atoms with Gasteiger partial charge in [0.05, 0.1) is 19.3 Å². The highest BCUT2D eigenvalue weighted by Gasteiger charge is 2.40. The number of hydrogen-bond acceptors (Lipinski definition) is 7. The minimum absolute atomic E-state index is 0.0252. The van der Waals surface area contributed by atoms with Gasteiger partial charge in [0.2, 0.25) is 0 Å². The summed E-state index contributed by atoms with van der Waals surface area (Å²) in [6, 6.07) is 28.1. The third-order valence-electron chi connectivity index (χ3n) is 7.72.